The molecule has 0 saturated carbocycles. The van der Waals surface area contributed by atoms with Crippen LogP contribution in [0.3, 0.4) is 0 Å². The minimum Gasteiger partial charge on any atom is -0.423 e. The van der Waals surface area contributed by atoms with E-state index in [-0.39, 0.29) is 18.0 Å². The van der Waals surface area contributed by atoms with Gasteiger partial charge in [-0.2, -0.15) is 10.2 Å². The molecule has 0 spiro atoms. The van der Waals surface area contributed by atoms with Gasteiger partial charge in [0.2, 0.25) is 0 Å². The highest BCUT2D eigenvalue weighted by Crippen LogP contribution is 2.33. The quantitative estimate of drug-likeness (QED) is 0.106. The second-order valence-corrected chi connectivity index (χ2v) is 10.4. The van der Waals surface area contributed by atoms with Gasteiger partial charge in [0.1, 0.15) is 11.3 Å². The molecule has 3 N–H and O–H groups in total. The van der Waals surface area contributed by atoms with E-state index in [0.29, 0.717) is 35.9 Å². The van der Waals surface area contributed by atoms with Crippen LogP contribution in [-0.2, 0) is 22.3 Å². The fourth-order valence-electron chi connectivity index (χ4n) is 4.49. The summed E-state index contributed by atoms with van der Waals surface area (Å²) < 4.78 is 9.95. The standard InChI is InChI=1S/C26H33BN6O4S/c1-18(2)33-14-12-24(30-33)38-31-26(35)28-25-21-7-4-6-20(21)9-10-22(25)23(8-5-15-34)29-32(3)16-19-11-13-27(36)37-17-19/h5,8-15,18-19,36H,4,6-7,16-17H2,1-3H3,(H2,28,31,35)/b8-5-,29-23+. The fourth-order valence-corrected chi connectivity index (χ4v) is 5.01. The molecule has 38 heavy (non-hydrogen) atoms. The SMILES string of the molecule is CC(C)n1ccc(SNC(=O)Nc2c(C(/C=C\C=O)=N/N(C)CC3C=CB(O)OC3)ccc3c2CCC3)n1. The predicted octanol–water partition coefficient (Wildman–Crippen LogP) is 3.39. The first-order valence-electron chi connectivity index (χ1n) is 12.7. The van der Waals surface area contributed by atoms with Crippen LogP contribution in [0.2, 0.25) is 0 Å². The van der Waals surface area contributed by atoms with E-state index >= 15 is 0 Å². The van der Waals surface area contributed by atoms with Gasteiger partial charge in [-0.05, 0) is 62.5 Å². The number of aromatic nitrogens is 2. The molecule has 2 aromatic rings. The minimum atomic E-state index is -0.874. The first-order chi connectivity index (χ1) is 18.3. The third-order valence-electron chi connectivity index (χ3n) is 6.30. The van der Waals surface area contributed by atoms with Crippen LogP contribution < -0.4 is 10.0 Å². The smallest absolute Gasteiger partial charge is 0.423 e. The third kappa shape index (κ3) is 7.15. The van der Waals surface area contributed by atoms with E-state index in [1.165, 1.54) is 11.6 Å². The predicted molar refractivity (Wildman–Crippen MR) is 150 cm³/mol. The Bertz CT molecular complexity index is 1240. The summed E-state index contributed by atoms with van der Waals surface area (Å²) in [4.78, 5) is 24.2. The van der Waals surface area contributed by atoms with Gasteiger partial charge in [0.25, 0.3) is 0 Å². The second kappa shape index (κ2) is 12.9. The number of hydrazone groups is 1. The average Bonchev–Trinajstić information content (AvgIpc) is 3.57. The van der Waals surface area contributed by atoms with Gasteiger partial charge in [-0.15, -0.1) is 0 Å². The summed E-state index contributed by atoms with van der Waals surface area (Å²) in [5, 5.41) is 24.2. The molecule has 12 heteroatoms. The maximum atomic E-state index is 13.0. The lowest BCUT2D eigenvalue weighted by molar-refractivity contribution is -0.104. The number of benzene rings is 1. The number of amides is 2. The number of rotatable bonds is 10. The zero-order valence-electron chi connectivity index (χ0n) is 21.8. The van der Waals surface area contributed by atoms with Crippen molar-refractivity contribution < 1.29 is 19.3 Å². The molecule has 1 aliphatic heterocycles. The Morgan fingerprint density at radius 3 is 2.95 bits per heavy atom. The number of aldehydes is 1. The molecule has 0 saturated heterocycles. The molecule has 2 heterocycles. The van der Waals surface area contributed by atoms with Gasteiger partial charge in [0, 0.05) is 55.9 Å². The Labute approximate surface area is 227 Å². The van der Waals surface area contributed by atoms with Crippen molar-refractivity contribution in [2.24, 2.45) is 11.0 Å². The lowest BCUT2D eigenvalue weighted by Crippen LogP contribution is -2.31. The van der Waals surface area contributed by atoms with Crippen LogP contribution in [0.15, 0.2) is 58.7 Å². The van der Waals surface area contributed by atoms with Crippen molar-refractivity contribution in [3.05, 3.63) is 65.3 Å². The highest BCUT2D eigenvalue weighted by atomic mass is 32.2. The van der Waals surface area contributed by atoms with Gasteiger partial charge in [0.15, 0.2) is 0 Å². The molecule has 10 nitrogen and oxygen atoms in total. The lowest BCUT2D eigenvalue weighted by Gasteiger charge is -2.24. The number of fused-ring (bicyclic) bond motifs is 1. The number of urea groups is 1. The van der Waals surface area contributed by atoms with Gasteiger partial charge >= 0.3 is 13.1 Å². The molecule has 1 aromatic carbocycles. The van der Waals surface area contributed by atoms with Crippen LogP contribution >= 0.6 is 11.9 Å². The second-order valence-electron chi connectivity index (χ2n) is 9.55. The fraction of sp³-hybridized carbons (Fsp3) is 0.385. The summed E-state index contributed by atoms with van der Waals surface area (Å²) in [7, 11) is 0.967. The molecule has 2 aliphatic rings. The minimum absolute atomic E-state index is 0.0584. The molecule has 2 amide bonds. The molecule has 0 fully saturated rings. The van der Waals surface area contributed by atoms with Gasteiger partial charge in [-0.3, -0.25) is 19.2 Å². The van der Waals surface area contributed by atoms with E-state index in [4.69, 9.17) is 9.76 Å². The van der Waals surface area contributed by atoms with Crippen molar-refractivity contribution in [3.8, 4) is 0 Å². The molecule has 0 bridgehead atoms. The lowest BCUT2D eigenvalue weighted by atomic mass is 9.85. The van der Waals surface area contributed by atoms with Gasteiger partial charge in [-0.1, -0.05) is 24.2 Å². The summed E-state index contributed by atoms with van der Waals surface area (Å²) >= 11 is 1.15. The Hall–Kier alpha value is -3.35. The number of hydrogen-bond donors (Lipinski definition) is 3. The van der Waals surface area contributed by atoms with E-state index in [9.17, 15) is 14.6 Å². The zero-order chi connectivity index (χ0) is 27.1. The molecule has 1 aliphatic carbocycles. The Morgan fingerprint density at radius 2 is 2.24 bits per heavy atom. The summed E-state index contributed by atoms with van der Waals surface area (Å²) in [5.41, 5.74) is 4.25. The van der Waals surface area contributed by atoms with Gasteiger partial charge in [-0.25, -0.2) is 4.79 Å². The van der Waals surface area contributed by atoms with E-state index in [2.05, 4.69) is 21.2 Å². The largest absolute Gasteiger partial charge is 0.483 e. The number of anilines is 1. The molecule has 4 rings (SSSR count). The van der Waals surface area contributed by atoms with Crippen molar-refractivity contribution in [1.82, 2.24) is 19.5 Å². The number of carbonyl (C=O) groups excluding carboxylic acids is 2. The van der Waals surface area contributed by atoms with Crippen LogP contribution in [0, 0.1) is 5.92 Å². The van der Waals surface area contributed by atoms with Crippen molar-refractivity contribution in [2.75, 3.05) is 25.5 Å². The number of allylic oxidation sites excluding steroid dienone is 2. The summed E-state index contributed by atoms with van der Waals surface area (Å²) in [6.45, 7) is 5.02. The monoisotopic (exact) mass is 536 g/mol. The normalized spacial score (nSPS) is 17.2. The van der Waals surface area contributed by atoms with E-state index < -0.39 is 7.12 Å². The van der Waals surface area contributed by atoms with Crippen LogP contribution in [-0.4, -0.2) is 65.2 Å². The van der Waals surface area contributed by atoms with Gasteiger partial charge in [0.05, 0.1) is 11.4 Å². The summed E-state index contributed by atoms with van der Waals surface area (Å²) in [5.74, 6) is 1.67. The molecule has 1 atom stereocenters. The molecular formula is C26H33BN6O4S. The molecule has 0 radical (unpaired) electrons. The first kappa shape index (κ1) is 27.7. The summed E-state index contributed by atoms with van der Waals surface area (Å²) in [6, 6.07) is 5.73. The number of nitrogens with zero attached hydrogens (tertiary/aromatic N) is 4. The maximum absolute atomic E-state index is 13.0. The third-order valence-corrected chi connectivity index (χ3v) is 7.01. The van der Waals surface area contributed by atoms with Crippen molar-refractivity contribution in [2.45, 2.75) is 44.2 Å². The molecule has 1 aromatic heterocycles. The average molecular weight is 536 g/mol. The van der Waals surface area contributed by atoms with Crippen molar-refractivity contribution in [3.63, 3.8) is 0 Å². The van der Waals surface area contributed by atoms with Crippen molar-refractivity contribution in [1.29, 1.82) is 0 Å². The highest BCUT2D eigenvalue weighted by Gasteiger charge is 2.23. The molecule has 200 valence electrons. The number of carbonyl (C=O) groups is 2. The molecular weight excluding hydrogens is 503 g/mol. The molecule has 1 unspecified atom stereocenters. The van der Waals surface area contributed by atoms with Gasteiger partial charge < -0.3 is 15.0 Å². The van der Waals surface area contributed by atoms with Crippen LogP contribution in [0.5, 0.6) is 0 Å². The van der Waals surface area contributed by atoms with E-state index in [0.717, 1.165) is 42.3 Å². The maximum Gasteiger partial charge on any atom is 0.483 e. The Kier molecular flexibility index (Phi) is 9.43. The van der Waals surface area contributed by atoms with E-state index in [1.54, 1.807) is 17.1 Å². The topological polar surface area (TPSA) is 121 Å². The van der Waals surface area contributed by atoms with E-state index in [1.807, 2.05) is 50.0 Å². The summed E-state index contributed by atoms with van der Waals surface area (Å²) in [6.07, 6.45) is 10.3. The number of nitrogens with one attached hydrogen (secondary N) is 2. The van der Waals surface area contributed by atoms with Crippen LogP contribution in [0.1, 0.15) is 43.0 Å². The Balaban J connectivity index is 1.56. The zero-order valence-corrected chi connectivity index (χ0v) is 22.6. The van der Waals surface area contributed by atoms with Crippen LogP contribution in [0.25, 0.3) is 0 Å². The Morgan fingerprint density at radius 1 is 1.39 bits per heavy atom. The number of aryl methyl sites for hydroxylation is 1. The highest BCUT2D eigenvalue weighted by molar-refractivity contribution is 7.97. The number of hydrogen-bond acceptors (Lipinski definition) is 8. The van der Waals surface area contributed by atoms with Crippen molar-refractivity contribution >= 4 is 42.8 Å². The van der Waals surface area contributed by atoms with Crippen LogP contribution in [0.4, 0.5) is 10.5 Å². The first-order valence-corrected chi connectivity index (χ1v) is 13.5.